The summed E-state index contributed by atoms with van der Waals surface area (Å²) >= 11 is 0. The zero-order valence-corrected chi connectivity index (χ0v) is 15.8. The maximum Gasteiger partial charge on any atom is 0.153 e. The minimum Gasteiger partial charge on any atom is -0.298 e. The largest absolute Gasteiger partial charge is 0.298 e. The fraction of sp³-hybridized carbons (Fsp3) is 0.524. The molecule has 0 N–H and O–H groups in total. The molecule has 2 aromatic heterocycles. The molecular formula is C21H24N4O. The minimum atomic E-state index is -0.528. The third kappa shape index (κ3) is 2.25. The van der Waals surface area contributed by atoms with Crippen molar-refractivity contribution >= 4 is 5.78 Å². The highest BCUT2D eigenvalue weighted by Gasteiger charge is 2.53. The van der Waals surface area contributed by atoms with Gasteiger partial charge in [0.05, 0.1) is 23.2 Å². The molecule has 0 aliphatic heterocycles. The molecular weight excluding hydrogens is 324 g/mol. The number of carbonyl (C=O) groups excluding carboxylic acids is 1. The van der Waals surface area contributed by atoms with Gasteiger partial charge in [-0.25, -0.2) is 0 Å². The summed E-state index contributed by atoms with van der Waals surface area (Å²) in [5.41, 5.74) is 5.20. The minimum absolute atomic E-state index is 0.0884. The van der Waals surface area contributed by atoms with Gasteiger partial charge in [-0.2, -0.15) is 10.4 Å². The summed E-state index contributed by atoms with van der Waals surface area (Å²) in [4.78, 5) is 17.1. The number of aromatic nitrogens is 3. The van der Waals surface area contributed by atoms with Crippen LogP contribution in [0.4, 0.5) is 0 Å². The first-order valence-corrected chi connectivity index (χ1v) is 9.29. The van der Waals surface area contributed by atoms with E-state index in [0.29, 0.717) is 6.42 Å². The van der Waals surface area contributed by atoms with Crippen LogP contribution in [0.3, 0.4) is 0 Å². The van der Waals surface area contributed by atoms with Gasteiger partial charge in [0.2, 0.25) is 0 Å². The van der Waals surface area contributed by atoms with Crippen LogP contribution in [-0.2, 0) is 23.7 Å². The second kappa shape index (κ2) is 5.77. The molecule has 5 heteroatoms. The molecule has 0 bridgehead atoms. The Hall–Kier alpha value is -2.48. The van der Waals surface area contributed by atoms with Crippen molar-refractivity contribution in [2.75, 3.05) is 0 Å². The Morgan fingerprint density at radius 3 is 2.81 bits per heavy atom. The molecule has 4 rings (SSSR count). The van der Waals surface area contributed by atoms with E-state index in [1.807, 2.05) is 37.8 Å². The van der Waals surface area contributed by atoms with Gasteiger partial charge in [-0.1, -0.05) is 19.9 Å². The number of pyridine rings is 1. The summed E-state index contributed by atoms with van der Waals surface area (Å²) in [5, 5.41) is 14.4. The van der Waals surface area contributed by atoms with Gasteiger partial charge in [0.1, 0.15) is 5.92 Å². The van der Waals surface area contributed by atoms with Gasteiger partial charge in [-0.15, -0.1) is 0 Å². The van der Waals surface area contributed by atoms with Gasteiger partial charge < -0.3 is 0 Å². The Bertz CT molecular complexity index is 921. The number of carbonyl (C=O) groups is 1. The lowest BCUT2D eigenvalue weighted by Gasteiger charge is -2.48. The lowest BCUT2D eigenvalue weighted by atomic mass is 9.54. The summed E-state index contributed by atoms with van der Waals surface area (Å²) in [5.74, 6) is -0.259. The number of Topliss-reactive ketones (excluding diaryl/α,β-unsaturated/α-hetero) is 1. The fourth-order valence-electron chi connectivity index (χ4n) is 5.19. The molecule has 26 heavy (non-hydrogen) atoms. The van der Waals surface area contributed by atoms with Crippen LogP contribution in [0.15, 0.2) is 18.3 Å². The van der Waals surface area contributed by atoms with E-state index in [9.17, 15) is 10.1 Å². The first-order valence-electron chi connectivity index (χ1n) is 9.29. The molecule has 0 saturated heterocycles. The Labute approximate surface area is 154 Å². The molecule has 0 spiro atoms. The summed E-state index contributed by atoms with van der Waals surface area (Å²) in [6.07, 6.45) is 4.32. The van der Waals surface area contributed by atoms with E-state index >= 15 is 0 Å². The number of hydrogen-bond donors (Lipinski definition) is 0. The highest BCUT2D eigenvalue weighted by atomic mass is 16.1. The van der Waals surface area contributed by atoms with Gasteiger partial charge >= 0.3 is 0 Å². The lowest BCUT2D eigenvalue weighted by Crippen LogP contribution is -2.50. The van der Waals surface area contributed by atoms with Gasteiger partial charge in [0.15, 0.2) is 5.78 Å². The first kappa shape index (κ1) is 17.0. The van der Waals surface area contributed by atoms with Crippen LogP contribution in [0.25, 0.3) is 11.4 Å². The summed E-state index contributed by atoms with van der Waals surface area (Å²) < 4.78 is 1.93. The molecule has 134 valence electrons. The van der Waals surface area contributed by atoms with E-state index in [2.05, 4.69) is 24.0 Å². The average Bonchev–Trinajstić information content (AvgIpc) is 2.96. The van der Waals surface area contributed by atoms with Crippen LogP contribution in [0.5, 0.6) is 0 Å². The van der Waals surface area contributed by atoms with E-state index in [0.717, 1.165) is 35.5 Å². The third-order valence-electron chi connectivity index (χ3n) is 6.54. The summed E-state index contributed by atoms with van der Waals surface area (Å²) in [6.45, 7) is 6.22. The van der Waals surface area contributed by atoms with Crippen molar-refractivity contribution < 1.29 is 4.79 Å². The predicted octanol–water partition coefficient (Wildman–Crippen LogP) is 3.36. The topological polar surface area (TPSA) is 71.6 Å². The van der Waals surface area contributed by atoms with Gasteiger partial charge in [-0.3, -0.25) is 14.5 Å². The molecule has 0 aromatic carbocycles. The summed E-state index contributed by atoms with van der Waals surface area (Å²) in [7, 11) is 1.97. The van der Waals surface area contributed by atoms with Crippen molar-refractivity contribution in [3.8, 4) is 17.5 Å². The van der Waals surface area contributed by atoms with Gasteiger partial charge in [0, 0.05) is 30.1 Å². The van der Waals surface area contributed by atoms with Crippen LogP contribution in [0.2, 0.25) is 0 Å². The Kier molecular flexibility index (Phi) is 3.76. The standard InChI is InChI=1S/C21H24N4O/c1-12-5-8-17(23-11-12)18-15-6-7-16-13(2)19(26)14(10-22)9-21(16,3)20(15)24-25(18)4/h5,8,11,13-14,16H,6-7,9H2,1-4H3/t13-,14?,16-,21-/m0/s1. The molecule has 1 fully saturated rings. The quantitative estimate of drug-likeness (QED) is 0.792. The van der Waals surface area contributed by atoms with Crippen molar-refractivity contribution in [3.05, 3.63) is 35.2 Å². The molecule has 2 aromatic rings. The molecule has 2 aliphatic carbocycles. The number of fused-ring (bicyclic) bond motifs is 3. The number of nitrogens with zero attached hydrogens (tertiary/aromatic N) is 4. The van der Waals surface area contributed by atoms with Crippen LogP contribution in [0.1, 0.15) is 43.5 Å². The predicted molar refractivity (Wildman–Crippen MR) is 98.2 cm³/mol. The molecule has 2 heterocycles. The lowest BCUT2D eigenvalue weighted by molar-refractivity contribution is -0.132. The molecule has 0 radical (unpaired) electrons. The van der Waals surface area contributed by atoms with Crippen LogP contribution < -0.4 is 0 Å². The van der Waals surface area contributed by atoms with E-state index < -0.39 is 5.92 Å². The van der Waals surface area contributed by atoms with Crippen molar-refractivity contribution in [1.29, 1.82) is 5.26 Å². The maximum atomic E-state index is 12.5. The highest BCUT2D eigenvalue weighted by molar-refractivity contribution is 5.87. The normalized spacial score (nSPS) is 30.4. The number of rotatable bonds is 1. The van der Waals surface area contributed by atoms with Crippen molar-refractivity contribution in [2.45, 2.75) is 45.4 Å². The van der Waals surface area contributed by atoms with E-state index in [-0.39, 0.29) is 23.0 Å². The Balaban J connectivity index is 1.86. The molecule has 0 amide bonds. The number of hydrogen-bond acceptors (Lipinski definition) is 4. The third-order valence-corrected chi connectivity index (χ3v) is 6.54. The molecule has 2 aliphatic rings. The van der Waals surface area contributed by atoms with Gasteiger partial charge in [0.25, 0.3) is 0 Å². The number of ketones is 1. The first-order chi connectivity index (χ1) is 12.4. The average molecular weight is 348 g/mol. The molecule has 4 atom stereocenters. The zero-order chi connectivity index (χ0) is 18.6. The molecule has 1 unspecified atom stereocenters. The van der Waals surface area contributed by atoms with Crippen molar-refractivity contribution in [2.24, 2.45) is 24.8 Å². The summed E-state index contributed by atoms with van der Waals surface area (Å²) in [6, 6.07) is 6.36. The van der Waals surface area contributed by atoms with Crippen LogP contribution in [-0.4, -0.2) is 20.5 Å². The number of aryl methyl sites for hydroxylation is 2. The smallest absolute Gasteiger partial charge is 0.153 e. The van der Waals surface area contributed by atoms with Crippen LogP contribution in [0, 0.1) is 36.0 Å². The second-order valence-corrected chi connectivity index (χ2v) is 8.16. The monoisotopic (exact) mass is 348 g/mol. The Morgan fingerprint density at radius 1 is 1.38 bits per heavy atom. The Morgan fingerprint density at radius 2 is 2.15 bits per heavy atom. The SMILES string of the molecule is Cc1ccc(-c2c3c(nn2C)[C@@]2(C)CC(C#N)C(=O)[C@@H](C)[C@@H]2CC3)nc1. The van der Waals surface area contributed by atoms with Gasteiger partial charge in [-0.05, 0) is 43.7 Å². The van der Waals surface area contributed by atoms with Crippen molar-refractivity contribution in [3.63, 3.8) is 0 Å². The highest BCUT2D eigenvalue weighted by Crippen LogP contribution is 2.53. The zero-order valence-electron chi connectivity index (χ0n) is 15.8. The fourth-order valence-corrected chi connectivity index (χ4v) is 5.19. The van der Waals surface area contributed by atoms with E-state index in [1.165, 1.54) is 5.56 Å². The molecule has 5 nitrogen and oxygen atoms in total. The van der Waals surface area contributed by atoms with E-state index in [4.69, 9.17) is 5.10 Å². The number of nitriles is 1. The van der Waals surface area contributed by atoms with E-state index in [1.54, 1.807) is 0 Å². The maximum absolute atomic E-state index is 12.5. The van der Waals surface area contributed by atoms with Crippen molar-refractivity contribution in [1.82, 2.24) is 14.8 Å². The van der Waals surface area contributed by atoms with Crippen LogP contribution >= 0.6 is 0 Å². The molecule has 1 saturated carbocycles. The second-order valence-electron chi connectivity index (χ2n) is 8.16.